The minimum absolute atomic E-state index is 0.0893. The molecule has 0 bridgehead atoms. The van der Waals surface area contributed by atoms with E-state index in [1.165, 1.54) is 36.8 Å². The summed E-state index contributed by atoms with van der Waals surface area (Å²) in [7, 11) is 0. The molecule has 0 aromatic heterocycles. The van der Waals surface area contributed by atoms with E-state index < -0.39 is 0 Å². The molecule has 1 aliphatic carbocycles. The summed E-state index contributed by atoms with van der Waals surface area (Å²) in [6.07, 6.45) is 7.49. The Morgan fingerprint density at radius 3 is 2.19 bits per heavy atom. The van der Waals surface area contributed by atoms with E-state index in [0.29, 0.717) is 0 Å². The molecule has 2 aliphatic rings. The second kappa shape index (κ2) is 6.91. The molecule has 3 heteroatoms. The van der Waals surface area contributed by atoms with Crippen molar-refractivity contribution in [3.63, 3.8) is 0 Å². The van der Waals surface area contributed by atoms with Gasteiger partial charge in [0.15, 0.2) is 0 Å². The summed E-state index contributed by atoms with van der Waals surface area (Å²) in [6.45, 7) is 4.85. The molecule has 0 radical (unpaired) electrons. The van der Waals surface area contributed by atoms with Gasteiger partial charge in [0.2, 0.25) is 0 Å². The first-order valence-electron chi connectivity index (χ1n) is 8.45. The van der Waals surface area contributed by atoms with Gasteiger partial charge in [0.05, 0.1) is 13.2 Å². The van der Waals surface area contributed by atoms with Crippen LogP contribution in [0.25, 0.3) is 0 Å². The van der Waals surface area contributed by atoms with E-state index in [1.54, 1.807) is 0 Å². The van der Waals surface area contributed by atoms with Crippen molar-refractivity contribution >= 4 is 0 Å². The first-order valence-corrected chi connectivity index (χ1v) is 8.45. The molecule has 1 aromatic carbocycles. The van der Waals surface area contributed by atoms with E-state index in [-0.39, 0.29) is 5.54 Å². The van der Waals surface area contributed by atoms with Crippen LogP contribution in [0.15, 0.2) is 24.3 Å². The van der Waals surface area contributed by atoms with Gasteiger partial charge in [-0.1, -0.05) is 49.9 Å². The monoisotopic (exact) mass is 288 g/mol. The van der Waals surface area contributed by atoms with E-state index >= 15 is 0 Å². The summed E-state index contributed by atoms with van der Waals surface area (Å²) in [5, 5.41) is 0. The standard InChI is InChI=1S/C18H28N2O/c19-18(9-3-1-2-4-10-18)17-7-5-16(6-8-17)15-20-11-13-21-14-12-20/h5-8H,1-4,9-15,19H2. The molecule has 0 unspecified atom stereocenters. The summed E-state index contributed by atoms with van der Waals surface area (Å²) in [6, 6.07) is 9.07. The predicted molar refractivity (Wildman–Crippen MR) is 86.1 cm³/mol. The first-order chi connectivity index (χ1) is 10.3. The SMILES string of the molecule is NC1(c2ccc(CN3CCOCC3)cc2)CCCCCC1. The van der Waals surface area contributed by atoms with Crippen LogP contribution >= 0.6 is 0 Å². The van der Waals surface area contributed by atoms with Gasteiger partial charge in [0.1, 0.15) is 0 Å². The summed E-state index contributed by atoms with van der Waals surface area (Å²) in [5.41, 5.74) is 9.31. The Hall–Kier alpha value is -0.900. The Morgan fingerprint density at radius 2 is 1.57 bits per heavy atom. The van der Waals surface area contributed by atoms with Crippen LogP contribution in [0.1, 0.15) is 49.7 Å². The zero-order chi connectivity index (χ0) is 14.5. The smallest absolute Gasteiger partial charge is 0.0594 e. The zero-order valence-corrected chi connectivity index (χ0v) is 13.0. The van der Waals surface area contributed by atoms with Crippen LogP contribution in [0.4, 0.5) is 0 Å². The lowest BCUT2D eigenvalue weighted by Crippen LogP contribution is -2.36. The Kier molecular flexibility index (Phi) is 4.94. The maximum Gasteiger partial charge on any atom is 0.0594 e. The van der Waals surface area contributed by atoms with Crippen LogP contribution in [0, 0.1) is 0 Å². The third kappa shape index (κ3) is 3.85. The van der Waals surface area contributed by atoms with Crippen LogP contribution < -0.4 is 5.73 Å². The number of ether oxygens (including phenoxy) is 1. The van der Waals surface area contributed by atoms with Crippen molar-refractivity contribution in [1.29, 1.82) is 0 Å². The third-order valence-electron chi connectivity index (χ3n) is 5.03. The molecule has 116 valence electrons. The largest absolute Gasteiger partial charge is 0.379 e. The molecule has 1 saturated carbocycles. The van der Waals surface area contributed by atoms with Crippen molar-refractivity contribution in [2.24, 2.45) is 5.73 Å². The molecule has 0 spiro atoms. The highest BCUT2D eigenvalue weighted by Crippen LogP contribution is 2.33. The summed E-state index contributed by atoms with van der Waals surface area (Å²) >= 11 is 0. The fraction of sp³-hybridized carbons (Fsp3) is 0.667. The van der Waals surface area contributed by atoms with E-state index in [2.05, 4.69) is 29.2 Å². The van der Waals surface area contributed by atoms with Gasteiger partial charge < -0.3 is 10.5 Å². The average molecular weight is 288 g/mol. The van der Waals surface area contributed by atoms with E-state index in [9.17, 15) is 0 Å². The number of morpholine rings is 1. The van der Waals surface area contributed by atoms with Gasteiger partial charge in [-0.15, -0.1) is 0 Å². The van der Waals surface area contributed by atoms with Crippen LogP contribution in [0.5, 0.6) is 0 Å². The fourth-order valence-electron chi connectivity index (χ4n) is 3.61. The van der Waals surface area contributed by atoms with E-state index in [1.807, 2.05) is 0 Å². The number of rotatable bonds is 3. The van der Waals surface area contributed by atoms with E-state index in [0.717, 1.165) is 45.7 Å². The lowest BCUT2D eigenvalue weighted by Gasteiger charge is -2.29. The lowest BCUT2D eigenvalue weighted by molar-refractivity contribution is 0.0342. The Morgan fingerprint density at radius 1 is 0.952 bits per heavy atom. The number of benzene rings is 1. The Bertz CT molecular complexity index is 429. The molecular weight excluding hydrogens is 260 g/mol. The first kappa shape index (κ1) is 15.0. The quantitative estimate of drug-likeness (QED) is 0.869. The highest BCUT2D eigenvalue weighted by molar-refractivity contribution is 5.28. The third-order valence-corrected chi connectivity index (χ3v) is 5.03. The minimum atomic E-state index is -0.0893. The summed E-state index contributed by atoms with van der Waals surface area (Å²) < 4.78 is 5.40. The van der Waals surface area contributed by atoms with Gasteiger partial charge in [0.25, 0.3) is 0 Å². The highest BCUT2D eigenvalue weighted by atomic mass is 16.5. The maximum atomic E-state index is 6.69. The van der Waals surface area contributed by atoms with Crippen molar-refractivity contribution in [3.05, 3.63) is 35.4 Å². The van der Waals surface area contributed by atoms with Crippen molar-refractivity contribution in [2.75, 3.05) is 26.3 Å². The van der Waals surface area contributed by atoms with Gasteiger partial charge >= 0.3 is 0 Å². The van der Waals surface area contributed by atoms with Gasteiger partial charge in [-0.2, -0.15) is 0 Å². The molecule has 2 N–H and O–H groups in total. The summed E-state index contributed by atoms with van der Waals surface area (Å²) in [4.78, 5) is 2.46. The number of nitrogens with two attached hydrogens (primary N) is 1. The second-order valence-corrected chi connectivity index (χ2v) is 6.66. The molecule has 2 fully saturated rings. The molecule has 3 rings (SSSR count). The summed E-state index contributed by atoms with van der Waals surface area (Å²) in [5.74, 6) is 0. The second-order valence-electron chi connectivity index (χ2n) is 6.66. The topological polar surface area (TPSA) is 38.5 Å². The fourth-order valence-corrected chi connectivity index (χ4v) is 3.61. The van der Waals surface area contributed by atoms with Crippen LogP contribution in [-0.4, -0.2) is 31.2 Å². The Balaban J connectivity index is 1.65. The number of hydrogen-bond donors (Lipinski definition) is 1. The molecule has 21 heavy (non-hydrogen) atoms. The van der Waals surface area contributed by atoms with Crippen LogP contribution in [0.3, 0.4) is 0 Å². The molecule has 1 saturated heterocycles. The minimum Gasteiger partial charge on any atom is -0.379 e. The molecule has 1 heterocycles. The molecule has 1 aromatic rings. The van der Waals surface area contributed by atoms with Crippen molar-refractivity contribution in [3.8, 4) is 0 Å². The van der Waals surface area contributed by atoms with Crippen molar-refractivity contribution in [1.82, 2.24) is 4.90 Å². The van der Waals surface area contributed by atoms with Gasteiger partial charge in [-0.05, 0) is 24.0 Å². The molecule has 1 aliphatic heterocycles. The predicted octanol–water partition coefficient (Wildman–Crippen LogP) is 3.03. The van der Waals surface area contributed by atoms with Crippen LogP contribution in [0.2, 0.25) is 0 Å². The zero-order valence-electron chi connectivity index (χ0n) is 13.0. The molecule has 0 atom stereocenters. The highest BCUT2D eigenvalue weighted by Gasteiger charge is 2.28. The van der Waals surface area contributed by atoms with Gasteiger partial charge in [0, 0.05) is 25.2 Å². The molecule has 3 nitrogen and oxygen atoms in total. The average Bonchev–Trinajstić information content (AvgIpc) is 2.75. The van der Waals surface area contributed by atoms with Gasteiger partial charge in [-0.3, -0.25) is 4.90 Å². The van der Waals surface area contributed by atoms with E-state index in [4.69, 9.17) is 10.5 Å². The van der Waals surface area contributed by atoms with Crippen molar-refractivity contribution in [2.45, 2.75) is 50.6 Å². The molecule has 0 amide bonds. The van der Waals surface area contributed by atoms with Gasteiger partial charge in [-0.25, -0.2) is 0 Å². The van der Waals surface area contributed by atoms with Crippen LogP contribution in [-0.2, 0) is 16.8 Å². The maximum absolute atomic E-state index is 6.69. The Labute approximate surface area is 128 Å². The normalized spacial score (nSPS) is 23.7. The number of hydrogen-bond acceptors (Lipinski definition) is 3. The van der Waals surface area contributed by atoms with Crippen molar-refractivity contribution < 1.29 is 4.74 Å². The molecular formula is C18H28N2O. The lowest BCUT2D eigenvalue weighted by atomic mass is 9.83. The number of nitrogens with zero attached hydrogens (tertiary/aromatic N) is 1.